The van der Waals surface area contributed by atoms with Crippen molar-refractivity contribution in [3.63, 3.8) is 0 Å². The number of halogens is 1. The number of pyridine rings is 1. The number of sulfonamides is 1. The van der Waals surface area contributed by atoms with E-state index >= 15 is 0 Å². The van der Waals surface area contributed by atoms with Crippen LogP contribution in [-0.4, -0.2) is 47.5 Å². The molecule has 0 radical (unpaired) electrons. The zero-order valence-corrected chi connectivity index (χ0v) is 25.1. The van der Waals surface area contributed by atoms with E-state index in [1.54, 1.807) is 67.0 Å². The average Bonchev–Trinajstić information content (AvgIpc) is 3.61. The Morgan fingerprint density at radius 2 is 1.55 bits per heavy atom. The van der Waals surface area contributed by atoms with Crippen LogP contribution in [-0.2, 0) is 39.1 Å². The summed E-state index contributed by atoms with van der Waals surface area (Å²) in [7, 11) is -3.53. The molecule has 1 fully saturated rings. The van der Waals surface area contributed by atoms with E-state index in [0.29, 0.717) is 30.6 Å². The number of amides is 2. The number of hydrogen-bond donors (Lipinski definition) is 1. The third kappa shape index (κ3) is 7.75. The van der Waals surface area contributed by atoms with E-state index in [4.69, 9.17) is 0 Å². The van der Waals surface area contributed by atoms with Gasteiger partial charge in [-0.15, -0.1) is 0 Å². The molecule has 0 saturated carbocycles. The van der Waals surface area contributed by atoms with Crippen molar-refractivity contribution in [2.75, 3.05) is 13.1 Å². The molecule has 1 aliphatic heterocycles. The van der Waals surface area contributed by atoms with Crippen LogP contribution in [0.2, 0.25) is 0 Å². The van der Waals surface area contributed by atoms with Crippen molar-refractivity contribution in [2.45, 2.75) is 49.7 Å². The number of carbonyl (C=O) groups excluding carboxylic acids is 2. The van der Waals surface area contributed by atoms with Gasteiger partial charge in [-0.1, -0.05) is 60.7 Å². The molecule has 44 heavy (non-hydrogen) atoms. The fraction of sp³-hybridized carbons (Fsp3) is 0.265. The van der Waals surface area contributed by atoms with Crippen LogP contribution in [0.3, 0.4) is 0 Å². The molecule has 3 aromatic carbocycles. The first-order valence-corrected chi connectivity index (χ1v) is 16.1. The van der Waals surface area contributed by atoms with E-state index in [1.165, 1.54) is 21.3 Å². The molecule has 4 aromatic rings. The summed E-state index contributed by atoms with van der Waals surface area (Å²) in [5.74, 6) is -1.02. The number of hydrogen-bond acceptors (Lipinski definition) is 5. The summed E-state index contributed by atoms with van der Waals surface area (Å²) in [5.41, 5.74) is 2.94. The molecule has 1 N–H and O–H groups in total. The zero-order chi connectivity index (χ0) is 30.9. The van der Waals surface area contributed by atoms with Crippen molar-refractivity contribution in [3.05, 3.63) is 131 Å². The van der Waals surface area contributed by atoms with E-state index in [-0.39, 0.29) is 36.2 Å². The highest BCUT2D eigenvalue weighted by atomic mass is 32.2. The van der Waals surface area contributed by atoms with Crippen LogP contribution in [0.15, 0.2) is 108 Å². The van der Waals surface area contributed by atoms with Crippen LogP contribution in [0, 0.1) is 5.82 Å². The van der Waals surface area contributed by atoms with Crippen LogP contribution in [0.4, 0.5) is 4.39 Å². The highest BCUT2D eigenvalue weighted by Gasteiger charge is 2.31. The van der Waals surface area contributed by atoms with Crippen molar-refractivity contribution in [3.8, 4) is 0 Å². The van der Waals surface area contributed by atoms with Gasteiger partial charge in [0.15, 0.2) is 0 Å². The number of nitrogens with one attached hydrogen (secondary N) is 1. The molecule has 0 unspecified atom stereocenters. The molecule has 1 saturated heterocycles. The van der Waals surface area contributed by atoms with Gasteiger partial charge >= 0.3 is 0 Å². The number of rotatable bonds is 12. The van der Waals surface area contributed by atoms with Gasteiger partial charge in [0.05, 0.1) is 4.90 Å². The summed E-state index contributed by atoms with van der Waals surface area (Å²) < 4.78 is 41.0. The maximum Gasteiger partial charge on any atom is 0.247 e. The highest BCUT2D eigenvalue weighted by Crippen LogP contribution is 2.26. The smallest absolute Gasteiger partial charge is 0.247 e. The van der Waals surface area contributed by atoms with Gasteiger partial charge in [0.2, 0.25) is 21.8 Å². The quantitative estimate of drug-likeness (QED) is 0.242. The Balaban J connectivity index is 1.37. The standard InChI is InChI=1S/C34H35FN4O4S/c35-30-15-10-27(11-16-30)25-39(33(29-8-2-1-3-9-29)34(41)37-24-28-7-6-20-36-23-28)32(40)19-14-26-12-17-31(18-13-26)44(42,43)38-21-4-5-22-38/h1-3,6-13,15-18,20,23,33H,4-5,14,19,21-22,24-25H2,(H,37,41)/t33-/m1/s1. The molecular formula is C34H35FN4O4S. The lowest BCUT2D eigenvalue weighted by molar-refractivity contribution is -0.141. The van der Waals surface area contributed by atoms with Gasteiger partial charge in [-0.2, -0.15) is 4.31 Å². The minimum Gasteiger partial charge on any atom is -0.350 e. The van der Waals surface area contributed by atoms with Crippen molar-refractivity contribution in [2.24, 2.45) is 0 Å². The molecule has 2 amide bonds. The Morgan fingerprint density at radius 3 is 2.20 bits per heavy atom. The lowest BCUT2D eigenvalue weighted by Gasteiger charge is -2.32. The summed E-state index contributed by atoms with van der Waals surface area (Å²) in [4.78, 5) is 33.6. The Labute approximate surface area is 257 Å². The molecule has 0 bridgehead atoms. The summed E-state index contributed by atoms with van der Waals surface area (Å²) >= 11 is 0. The van der Waals surface area contributed by atoms with Crippen LogP contribution in [0.1, 0.15) is 47.6 Å². The van der Waals surface area contributed by atoms with E-state index in [9.17, 15) is 22.4 Å². The van der Waals surface area contributed by atoms with Crippen molar-refractivity contribution in [1.29, 1.82) is 0 Å². The SMILES string of the molecule is O=C(NCc1cccnc1)[C@@H](c1ccccc1)N(Cc1ccc(F)cc1)C(=O)CCc1ccc(S(=O)(=O)N2CCCC2)cc1. The number of nitrogens with zero attached hydrogens (tertiary/aromatic N) is 3. The first-order valence-electron chi connectivity index (χ1n) is 14.7. The van der Waals surface area contributed by atoms with Gasteiger partial charge in [0.25, 0.3) is 0 Å². The van der Waals surface area contributed by atoms with Crippen LogP contribution >= 0.6 is 0 Å². The van der Waals surface area contributed by atoms with Gasteiger partial charge in [-0.05, 0) is 71.8 Å². The Morgan fingerprint density at radius 1 is 0.864 bits per heavy atom. The minimum absolute atomic E-state index is 0.0820. The number of carbonyl (C=O) groups is 2. The van der Waals surface area contributed by atoms with Crippen molar-refractivity contribution >= 4 is 21.8 Å². The van der Waals surface area contributed by atoms with Gasteiger partial charge in [-0.25, -0.2) is 12.8 Å². The monoisotopic (exact) mass is 614 g/mol. The predicted molar refractivity (Wildman–Crippen MR) is 165 cm³/mol. The largest absolute Gasteiger partial charge is 0.350 e. The first-order chi connectivity index (χ1) is 21.3. The van der Waals surface area contributed by atoms with E-state index in [1.807, 2.05) is 24.3 Å². The van der Waals surface area contributed by atoms with E-state index in [0.717, 1.165) is 24.0 Å². The topological polar surface area (TPSA) is 99.7 Å². The molecular weight excluding hydrogens is 579 g/mol. The molecule has 10 heteroatoms. The minimum atomic E-state index is -3.53. The molecule has 5 rings (SSSR count). The zero-order valence-electron chi connectivity index (χ0n) is 24.3. The summed E-state index contributed by atoms with van der Waals surface area (Å²) in [6.45, 7) is 1.38. The number of benzene rings is 3. The molecule has 8 nitrogen and oxygen atoms in total. The fourth-order valence-corrected chi connectivity index (χ4v) is 6.82. The molecule has 228 valence electrons. The maximum atomic E-state index is 13.9. The summed E-state index contributed by atoms with van der Waals surface area (Å²) in [6, 6.07) is 24.3. The van der Waals surface area contributed by atoms with Gasteiger partial charge in [-0.3, -0.25) is 14.6 Å². The van der Waals surface area contributed by atoms with Gasteiger partial charge < -0.3 is 10.2 Å². The molecule has 0 aliphatic carbocycles. The Kier molecular flexibility index (Phi) is 10.1. The van der Waals surface area contributed by atoms with Gasteiger partial charge in [0, 0.05) is 45.0 Å². The molecule has 1 aromatic heterocycles. The highest BCUT2D eigenvalue weighted by molar-refractivity contribution is 7.89. The lowest BCUT2D eigenvalue weighted by atomic mass is 10.0. The molecule has 1 atom stereocenters. The lowest BCUT2D eigenvalue weighted by Crippen LogP contribution is -2.43. The molecule has 1 aliphatic rings. The van der Waals surface area contributed by atoms with Crippen LogP contribution < -0.4 is 5.32 Å². The number of aromatic nitrogens is 1. The second kappa shape index (κ2) is 14.4. The maximum absolute atomic E-state index is 13.9. The molecule has 2 heterocycles. The van der Waals surface area contributed by atoms with Crippen molar-refractivity contribution in [1.82, 2.24) is 19.5 Å². The fourth-order valence-electron chi connectivity index (χ4n) is 5.31. The van der Waals surface area contributed by atoms with Crippen molar-refractivity contribution < 1.29 is 22.4 Å². The third-order valence-electron chi connectivity index (χ3n) is 7.71. The first kappa shape index (κ1) is 31.0. The second-order valence-corrected chi connectivity index (χ2v) is 12.7. The normalized spacial score (nSPS) is 14.2. The van der Waals surface area contributed by atoms with Gasteiger partial charge in [0.1, 0.15) is 11.9 Å². The van der Waals surface area contributed by atoms with Crippen LogP contribution in [0.25, 0.3) is 0 Å². The predicted octanol–water partition coefficient (Wildman–Crippen LogP) is 5.02. The second-order valence-electron chi connectivity index (χ2n) is 10.8. The Hall–Kier alpha value is -4.41. The summed E-state index contributed by atoms with van der Waals surface area (Å²) in [6.07, 6.45) is 5.47. The Bertz CT molecular complexity index is 1650. The summed E-state index contributed by atoms with van der Waals surface area (Å²) in [5, 5.41) is 2.95. The van der Waals surface area contributed by atoms with E-state index in [2.05, 4.69) is 10.3 Å². The average molecular weight is 615 g/mol. The number of aryl methyl sites for hydroxylation is 1. The molecule has 0 spiro atoms. The van der Waals surface area contributed by atoms with E-state index < -0.39 is 21.9 Å². The van der Waals surface area contributed by atoms with Crippen LogP contribution in [0.5, 0.6) is 0 Å². The third-order valence-corrected chi connectivity index (χ3v) is 9.62.